The van der Waals surface area contributed by atoms with E-state index >= 15 is 0 Å². The highest BCUT2D eigenvalue weighted by atomic mass is 16.5. The number of ether oxygens (including phenoxy) is 2. The van der Waals surface area contributed by atoms with Crippen LogP contribution in [0, 0.1) is 11.3 Å². The molecule has 1 heterocycles. The molecule has 8 nitrogen and oxygen atoms in total. The Hall–Kier alpha value is -3.39. The van der Waals surface area contributed by atoms with Crippen molar-refractivity contribution in [1.29, 1.82) is 0 Å². The summed E-state index contributed by atoms with van der Waals surface area (Å²) in [7, 11) is 0. The fourth-order valence-corrected chi connectivity index (χ4v) is 4.84. The minimum absolute atomic E-state index is 0.0453. The molecule has 186 valence electrons. The maximum Gasteiger partial charge on any atom is 0.407 e. The Morgan fingerprint density at radius 2 is 1.71 bits per heavy atom. The molecule has 3 atom stereocenters. The first-order chi connectivity index (χ1) is 16.8. The molecule has 1 saturated heterocycles. The number of rotatable bonds is 8. The highest BCUT2D eigenvalue weighted by Crippen LogP contribution is 2.44. The zero-order valence-electron chi connectivity index (χ0n) is 20.1. The van der Waals surface area contributed by atoms with E-state index in [-0.39, 0.29) is 31.6 Å². The summed E-state index contributed by atoms with van der Waals surface area (Å²) in [4.78, 5) is 37.1. The van der Waals surface area contributed by atoms with E-state index in [0.29, 0.717) is 19.4 Å². The fraction of sp³-hybridized carbons (Fsp3) is 0.444. The van der Waals surface area contributed by atoms with E-state index in [4.69, 9.17) is 9.47 Å². The lowest BCUT2D eigenvalue weighted by Gasteiger charge is -2.36. The average molecular weight is 481 g/mol. The number of hydrogen-bond donors (Lipinski definition) is 3. The molecule has 0 bridgehead atoms. The van der Waals surface area contributed by atoms with Crippen molar-refractivity contribution >= 4 is 18.0 Å². The molecule has 1 aliphatic carbocycles. The first-order valence-corrected chi connectivity index (χ1v) is 12.0. The lowest BCUT2D eigenvalue weighted by Crippen LogP contribution is -2.55. The number of alkyl carbamates (subject to hydrolysis) is 1. The Labute approximate surface area is 205 Å². The highest BCUT2D eigenvalue weighted by molar-refractivity contribution is 5.85. The Bertz CT molecular complexity index is 1050. The van der Waals surface area contributed by atoms with Crippen molar-refractivity contribution in [1.82, 2.24) is 10.6 Å². The van der Waals surface area contributed by atoms with Crippen LogP contribution in [0.25, 0.3) is 11.1 Å². The van der Waals surface area contributed by atoms with Gasteiger partial charge in [0.25, 0.3) is 0 Å². The van der Waals surface area contributed by atoms with Crippen molar-refractivity contribution in [2.24, 2.45) is 11.3 Å². The molecule has 4 rings (SSSR count). The van der Waals surface area contributed by atoms with Gasteiger partial charge in [-0.25, -0.2) is 4.79 Å². The molecule has 3 N–H and O–H groups in total. The monoisotopic (exact) mass is 480 g/mol. The van der Waals surface area contributed by atoms with Crippen LogP contribution in [0.1, 0.15) is 43.7 Å². The van der Waals surface area contributed by atoms with Gasteiger partial charge in [-0.3, -0.25) is 9.59 Å². The van der Waals surface area contributed by atoms with Gasteiger partial charge in [-0.2, -0.15) is 0 Å². The van der Waals surface area contributed by atoms with E-state index in [0.717, 1.165) is 22.3 Å². The third kappa shape index (κ3) is 5.17. The predicted molar refractivity (Wildman–Crippen MR) is 130 cm³/mol. The zero-order chi connectivity index (χ0) is 25.0. The van der Waals surface area contributed by atoms with Gasteiger partial charge in [-0.15, -0.1) is 0 Å². The van der Waals surface area contributed by atoms with Gasteiger partial charge in [-0.1, -0.05) is 48.5 Å². The van der Waals surface area contributed by atoms with E-state index in [2.05, 4.69) is 34.9 Å². The molecular weight excluding hydrogens is 448 g/mol. The standard InChI is InChI=1S/C27H32N2O6/c1-17(24(30)31)18(2)29-25(32)27(12-7-13-34-16-27)15-28-26(33)35-14-23-21-10-5-3-8-19(21)20-9-4-6-11-22(20)23/h3-6,8-11,17-18,23H,7,12-16H2,1-2H3,(H,28,33)(H,29,32)(H,30,31). The van der Waals surface area contributed by atoms with Crippen LogP contribution in [0.15, 0.2) is 48.5 Å². The number of hydrogen-bond acceptors (Lipinski definition) is 5. The Kier molecular flexibility index (Phi) is 7.40. The molecular formula is C27H32N2O6. The number of nitrogens with one attached hydrogen (secondary N) is 2. The SMILES string of the molecule is CC(NC(=O)C1(CNC(=O)OCC2c3ccccc3-c3ccccc32)CCCOC1)C(C)C(=O)O. The first-order valence-electron chi connectivity index (χ1n) is 12.0. The maximum absolute atomic E-state index is 13.1. The summed E-state index contributed by atoms with van der Waals surface area (Å²) >= 11 is 0. The molecule has 1 aliphatic heterocycles. The van der Waals surface area contributed by atoms with Gasteiger partial charge in [0.2, 0.25) is 5.91 Å². The van der Waals surface area contributed by atoms with Crippen LogP contribution in [-0.2, 0) is 19.1 Å². The normalized spacial score (nSPS) is 20.7. The van der Waals surface area contributed by atoms with E-state index in [1.807, 2.05) is 24.3 Å². The number of benzene rings is 2. The van der Waals surface area contributed by atoms with Gasteiger partial charge < -0.3 is 25.2 Å². The Morgan fingerprint density at radius 3 is 2.29 bits per heavy atom. The van der Waals surface area contributed by atoms with Gasteiger partial charge in [0.15, 0.2) is 0 Å². The minimum Gasteiger partial charge on any atom is -0.481 e. The second-order valence-corrected chi connectivity index (χ2v) is 9.50. The van der Waals surface area contributed by atoms with Crippen LogP contribution in [0.4, 0.5) is 4.79 Å². The van der Waals surface area contributed by atoms with Gasteiger partial charge >= 0.3 is 12.1 Å². The molecule has 2 amide bonds. The van der Waals surface area contributed by atoms with Crippen LogP contribution in [0.2, 0.25) is 0 Å². The highest BCUT2D eigenvalue weighted by Gasteiger charge is 2.42. The lowest BCUT2D eigenvalue weighted by atomic mass is 9.81. The van der Waals surface area contributed by atoms with Crippen molar-refractivity contribution in [2.75, 3.05) is 26.4 Å². The van der Waals surface area contributed by atoms with Gasteiger partial charge in [-0.05, 0) is 48.9 Å². The molecule has 1 fully saturated rings. The number of carbonyl (C=O) groups is 3. The Balaban J connectivity index is 1.38. The maximum atomic E-state index is 13.1. The molecule has 0 radical (unpaired) electrons. The van der Waals surface area contributed by atoms with Crippen molar-refractivity contribution in [3.8, 4) is 11.1 Å². The third-order valence-electron chi connectivity index (χ3n) is 7.22. The molecule has 0 saturated carbocycles. The zero-order valence-corrected chi connectivity index (χ0v) is 20.1. The molecule has 35 heavy (non-hydrogen) atoms. The van der Waals surface area contributed by atoms with E-state index in [1.165, 1.54) is 0 Å². The smallest absolute Gasteiger partial charge is 0.407 e. The summed E-state index contributed by atoms with van der Waals surface area (Å²) in [6.07, 6.45) is 0.593. The second-order valence-electron chi connectivity index (χ2n) is 9.50. The molecule has 2 aromatic carbocycles. The molecule has 0 spiro atoms. The molecule has 0 aromatic heterocycles. The number of amides is 2. The van der Waals surface area contributed by atoms with Crippen LogP contribution in [0.5, 0.6) is 0 Å². The predicted octanol–water partition coefficient (Wildman–Crippen LogP) is 3.55. The van der Waals surface area contributed by atoms with Crippen molar-refractivity contribution in [3.05, 3.63) is 59.7 Å². The fourth-order valence-electron chi connectivity index (χ4n) is 4.84. The van der Waals surface area contributed by atoms with Gasteiger partial charge in [0, 0.05) is 25.1 Å². The van der Waals surface area contributed by atoms with Crippen LogP contribution < -0.4 is 10.6 Å². The summed E-state index contributed by atoms with van der Waals surface area (Å²) < 4.78 is 11.2. The molecule has 3 unspecified atom stereocenters. The van der Waals surface area contributed by atoms with Crippen LogP contribution >= 0.6 is 0 Å². The van der Waals surface area contributed by atoms with E-state index in [1.54, 1.807) is 13.8 Å². The Morgan fingerprint density at radius 1 is 1.09 bits per heavy atom. The van der Waals surface area contributed by atoms with Gasteiger partial charge in [0.1, 0.15) is 6.61 Å². The van der Waals surface area contributed by atoms with Crippen molar-refractivity contribution in [3.63, 3.8) is 0 Å². The van der Waals surface area contributed by atoms with Crippen LogP contribution in [-0.4, -0.2) is 55.5 Å². The van der Waals surface area contributed by atoms with Gasteiger partial charge in [0.05, 0.1) is 17.9 Å². The number of carbonyl (C=O) groups excluding carboxylic acids is 2. The molecule has 2 aliphatic rings. The van der Waals surface area contributed by atoms with Crippen molar-refractivity contribution in [2.45, 2.75) is 38.6 Å². The quantitative estimate of drug-likeness (QED) is 0.533. The summed E-state index contributed by atoms with van der Waals surface area (Å²) in [5.74, 6) is -2.10. The minimum atomic E-state index is -0.983. The van der Waals surface area contributed by atoms with E-state index in [9.17, 15) is 19.5 Å². The first kappa shape index (κ1) is 24.7. The topological polar surface area (TPSA) is 114 Å². The summed E-state index contributed by atoms with van der Waals surface area (Å²) in [6.45, 7) is 4.13. The van der Waals surface area contributed by atoms with E-state index < -0.39 is 29.4 Å². The van der Waals surface area contributed by atoms with Crippen LogP contribution in [0.3, 0.4) is 0 Å². The largest absolute Gasteiger partial charge is 0.481 e. The summed E-state index contributed by atoms with van der Waals surface area (Å²) in [6, 6.07) is 15.7. The average Bonchev–Trinajstić information content (AvgIpc) is 3.19. The third-order valence-corrected chi connectivity index (χ3v) is 7.22. The number of aliphatic carboxylic acids is 1. The lowest BCUT2D eigenvalue weighted by molar-refractivity contribution is -0.144. The molecule has 8 heteroatoms. The number of carboxylic acids is 1. The summed E-state index contributed by atoms with van der Waals surface area (Å²) in [5.41, 5.74) is 3.57. The molecule has 2 aromatic rings. The summed E-state index contributed by atoms with van der Waals surface area (Å²) in [5, 5.41) is 14.8. The van der Waals surface area contributed by atoms with Crippen molar-refractivity contribution < 1.29 is 29.0 Å². The number of carboxylic acid groups (broad SMARTS) is 1. The second kappa shape index (κ2) is 10.5. The number of fused-ring (bicyclic) bond motifs is 3.